The lowest BCUT2D eigenvalue weighted by Crippen LogP contribution is -2.27. The fourth-order valence-corrected chi connectivity index (χ4v) is 4.26. The largest absolute Gasteiger partial charge is 0.493 e. The van der Waals surface area contributed by atoms with Crippen LogP contribution in [0.1, 0.15) is 29.6 Å². The van der Waals surface area contributed by atoms with Gasteiger partial charge in [-0.15, -0.1) is 0 Å². The minimum Gasteiger partial charge on any atom is -0.493 e. The van der Waals surface area contributed by atoms with Gasteiger partial charge in [0.2, 0.25) is 5.95 Å². The molecule has 5 nitrogen and oxygen atoms in total. The Bertz CT molecular complexity index is 1200. The average molecular weight is 403 g/mol. The van der Waals surface area contributed by atoms with Gasteiger partial charge in [-0.1, -0.05) is 30.3 Å². The maximum atomic E-state index is 13.5. The normalized spacial score (nSPS) is 18.0. The van der Waals surface area contributed by atoms with Crippen molar-refractivity contribution in [2.45, 2.75) is 18.5 Å². The summed E-state index contributed by atoms with van der Waals surface area (Å²) >= 11 is 0. The summed E-state index contributed by atoms with van der Waals surface area (Å²) in [6.45, 7) is 0. The second-order valence-electron chi connectivity index (χ2n) is 7.41. The van der Waals surface area contributed by atoms with Gasteiger partial charge in [0.1, 0.15) is 5.82 Å². The molecule has 0 amide bonds. The first-order chi connectivity index (χ1) is 14.7. The van der Waals surface area contributed by atoms with E-state index in [0.717, 1.165) is 34.5 Å². The highest BCUT2D eigenvalue weighted by Gasteiger charge is 2.31. The molecule has 0 unspecified atom stereocenters. The highest BCUT2D eigenvalue weighted by Crippen LogP contribution is 2.42. The minimum atomic E-state index is -0.238. The van der Waals surface area contributed by atoms with Crippen molar-refractivity contribution in [3.63, 3.8) is 0 Å². The van der Waals surface area contributed by atoms with Crippen LogP contribution in [-0.2, 0) is 0 Å². The number of fused-ring (bicyclic) bond motifs is 3. The molecule has 4 aromatic rings. The number of imidazole rings is 1. The number of halogens is 1. The highest BCUT2D eigenvalue weighted by atomic mass is 19.1. The first-order valence-electron chi connectivity index (χ1n) is 9.89. The zero-order valence-corrected chi connectivity index (χ0v) is 16.8. The van der Waals surface area contributed by atoms with Crippen molar-refractivity contribution in [3.05, 3.63) is 83.7 Å². The summed E-state index contributed by atoms with van der Waals surface area (Å²) in [6, 6.07) is 20.8. The molecular weight excluding hydrogens is 381 g/mol. The number of nitrogens with zero attached hydrogens (tertiary/aromatic N) is 2. The predicted molar refractivity (Wildman–Crippen MR) is 115 cm³/mol. The van der Waals surface area contributed by atoms with Crippen LogP contribution in [0, 0.1) is 5.82 Å². The molecule has 5 rings (SSSR count). The number of benzene rings is 3. The van der Waals surface area contributed by atoms with E-state index >= 15 is 0 Å². The van der Waals surface area contributed by atoms with Gasteiger partial charge in [0.25, 0.3) is 0 Å². The first-order valence-corrected chi connectivity index (χ1v) is 9.89. The van der Waals surface area contributed by atoms with Gasteiger partial charge in [-0.05, 0) is 53.9 Å². The SMILES string of the molecule is COc1ccc([C@@H]2C[C@@H](c3ccc(F)cc3)Nc3nc4ccccc4n32)cc1OC. The maximum Gasteiger partial charge on any atom is 0.204 e. The molecule has 1 aromatic heterocycles. The van der Waals surface area contributed by atoms with Crippen LogP contribution < -0.4 is 14.8 Å². The molecular formula is C24H22FN3O2. The molecule has 1 N–H and O–H groups in total. The standard InChI is InChI=1S/C24H22FN3O2/c1-29-22-12-9-16(13-23(22)30-2)21-14-19(15-7-10-17(25)11-8-15)27-24-26-18-5-3-4-6-20(18)28(21)24/h3-13,19,21H,14H2,1-2H3,(H,26,27)/t19-,21-/m0/s1. The average Bonchev–Trinajstić information content (AvgIpc) is 3.17. The summed E-state index contributed by atoms with van der Waals surface area (Å²) in [5.41, 5.74) is 4.13. The number of para-hydroxylation sites is 2. The third-order valence-electron chi connectivity index (χ3n) is 5.73. The van der Waals surface area contributed by atoms with Crippen LogP contribution in [0.3, 0.4) is 0 Å². The van der Waals surface area contributed by atoms with Gasteiger partial charge in [-0.2, -0.15) is 0 Å². The van der Waals surface area contributed by atoms with Crippen molar-refractivity contribution < 1.29 is 13.9 Å². The second-order valence-corrected chi connectivity index (χ2v) is 7.41. The Morgan fingerprint density at radius 2 is 1.67 bits per heavy atom. The van der Waals surface area contributed by atoms with Crippen LogP contribution in [0.25, 0.3) is 11.0 Å². The molecule has 0 saturated carbocycles. The summed E-state index contributed by atoms with van der Waals surface area (Å²) < 4.78 is 26.7. The number of ether oxygens (including phenoxy) is 2. The maximum absolute atomic E-state index is 13.5. The molecule has 0 radical (unpaired) electrons. The van der Waals surface area contributed by atoms with Gasteiger partial charge in [0.15, 0.2) is 11.5 Å². The second kappa shape index (κ2) is 7.37. The van der Waals surface area contributed by atoms with Crippen LogP contribution >= 0.6 is 0 Å². The Labute approximate surface area is 174 Å². The lowest BCUT2D eigenvalue weighted by Gasteiger charge is -2.33. The Morgan fingerprint density at radius 1 is 0.933 bits per heavy atom. The van der Waals surface area contributed by atoms with Crippen LogP contribution in [-0.4, -0.2) is 23.8 Å². The number of methoxy groups -OCH3 is 2. The van der Waals surface area contributed by atoms with Crippen LogP contribution in [0.15, 0.2) is 66.7 Å². The Morgan fingerprint density at radius 3 is 2.43 bits per heavy atom. The van der Waals surface area contributed by atoms with E-state index in [9.17, 15) is 4.39 Å². The summed E-state index contributed by atoms with van der Waals surface area (Å²) in [7, 11) is 3.28. The number of nitrogens with one attached hydrogen (secondary N) is 1. The first kappa shape index (κ1) is 18.5. The molecule has 3 aromatic carbocycles. The lowest BCUT2D eigenvalue weighted by atomic mass is 9.92. The van der Waals surface area contributed by atoms with E-state index in [1.807, 2.05) is 42.5 Å². The molecule has 0 fully saturated rings. The topological polar surface area (TPSA) is 48.3 Å². The van der Waals surface area contributed by atoms with Crippen LogP contribution in [0.5, 0.6) is 11.5 Å². The molecule has 1 aliphatic heterocycles. The highest BCUT2D eigenvalue weighted by molar-refractivity contribution is 5.79. The van der Waals surface area contributed by atoms with Crippen LogP contribution in [0.4, 0.5) is 10.3 Å². The molecule has 2 atom stereocenters. The number of rotatable bonds is 4. The van der Waals surface area contributed by atoms with E-state index in [0.29, 0.717) is 11.5 Å². The van der Waals surface area contributed by atoms with Crippen molar-refractivity contribution >= 4 is 17.0 Å². The molecule has 0 bridgehead atoms. The van der Waals surface area contributed by atoms with E-state index in [1.165, 1.54) is 12.1 Å². The van der Waals surface area contributed by atoms with Gasteiger partial charge in [-0.25, -0.2) is 9.37 Å². The molecule has 30 heavy (non-hydrogen) atoms. The van der Waals surface area contributed by atoms with Crippen molar-refractivity contribution in [1.29, 1.82) is 0 Å². The molecule has 0 aliphatic carbocycles. The smallest absolute Gasteiger partial charge is 0.204 e. The summed E-state index contributed by atoms with van der Waals surface area (Å²) in [5.74, 6) is 1.95. The quantitative estimate of drug-likeness (QED) is 0.500. The predicted octanol–water partition coefficient (Wildman–Crippen LogP) is 5.34. The third-order valence-corrected chi connectivity index (χ3v) is 5.73. The monoisotopic (exact) mass is 403 g/mol. The Kier molecular flexibility index (Phi) is 4.54. The fraction of sp³-hybridized carbons (Fsp3) is 0.208. The zero-order chi connectivity index (χ0) is 20.7. The number of hydrogen-bond donors (Lipinski definition) is 1. The lowest BCUT2D eigenvalue weighted by molar-refractivity contribution is 0.353. The van der Waals surface area contributed by atoms with Gasteiger partial charge >= 0.3 is 0 Å². The third kappa shape index (κ3) is 3.05. The van der Waals surface area contributed by atoms with Crippen molar-refractivity contribution in [1.82, 2.24) is 9.55 Å². The van der Waals surface area contributed by atoms with E-state index in [4.69, 9.17) is 14.5 Å². The molecule has 6 heteroatoms. The summed E-state index contributed by atoms with van der Waals surface area (Å²) in [4.78, 5) is 4.82. The van der Waals surface area contributed by atoms with Gasteiger partial charge < -0.3 is 19.4 Å². The van der Waals surface area contributed by atoms with Crippen molar-refractivity contribution in [2.24, 2.45) is 0 Å². The van der Waals surface area contributed by atoms with E-state index < -0.39 is 0 Å². The van der Waals surface area contributed by atoms with Gasteiger partial charge in [0.05, 0.1) is 37.3 Å². The molecule has 0 spiro atoms. The zero-order valence-electron chi connectivity index (χ0n) is 16.8. The van der Waals surface area contributed by atoms with Crippen LogP contribution in [0.2, 0.25) is 0 Å². The van der Waals surface area contributed by atoms with Gasteiger partial charge in [0, 0.05) is 0 Å². The van der Waals surface area contributed by atoms with E-state index in [2.05, 4.69) is 22.0 Å². The van der Waals surface area contributed by atoms with Gasteiger partial charge in [-0.3, -0.25) is 0 Å². The summed E-state index contributed by atoms with van der Waals surface area (Å²) in [6.07, 6.45) is 0.786. The minimum absolute atomic E-state index is 0.00742. The molecule has 152 valence electrons. The Balaban J connectivity index is 1.65. The fourth-order valence-electron chi connectivity index (χ4n) is 4.26. The summed E-state index contributed by atoms with van der Waals surface area (Å²) in [5, 5.41) is 3.55. The van der Waals surface area contributed by atoms with E-state index in [1.54, 1.807) is 14.2 Å². The molecule has 0 saturated heterocycles. The van der Waals surface area contributed by atoms with Crippen molar-refractivity contribution in [3.8, 4) is 11.5 Å². The molecule has 2 heterocycles. The number of hydrogen-bond acceptors (Lipinski definition) is 4. The van der Waals surface area contributed by atoms with Crippen molar-refractivity contribution in [2.75, 3.05) is 19.5 Å². The molecule has 1 aliphatic rings. The Hall–Kier alpha value is -3.54. The number of anilines is 1. The van der Waals surface area contributed by atoms with E-state index in [-0.39, 0.29) is 17.9 Å². The number of aromatic nitrogens is 2.